The van der Waals surface area contributed by atoms with Gasteiger partial charge in [-0.05, 0) is 41.5 Å². The lowest BCUT2D eigenvalue weighted by Crippen LogP contribution is -2.54. The fraction of sp³-hybridized carbons (Fsp3) is 0.667. The minimum Gasteiger partial charge on any atom is -0.476 e. The molecule has 2 rings (SSSR count). The van der Waals surface area contributed by atoms with Crippen molar-refractivity contribution in [2.75, 3.05) is 6.61 Å². The Hall–Kier alpha value is -2.00. The minimum absolute atomic E-state index is 0.182. The van der Waals surface area contributed by atoms with E-state index in [1.807, 2.05) is 13.8 Å². The predicted octanol–water partition coefficient (Wildman–Crippen LogP) is 2.93. The van der Waals surface area contributed by atoms with Gasteiger partial charge in [-0.3, -0.25) is 0 Å². The molecule has 0 aromatic carbocycles. The normalized spacial score (nSPS) is 23.0. The smallest absolute Gasteiger partial charge is 0.360 e. The van der Waals surface area contributed by atoms with Gasteiger partial charge in [0.25, 0.3) is 0 Å². The number of rotatable bonds is 5. The van der Waals surface area contributed by atoms with Crippen LogP contribution in [0.2, 0.25) is 0 Å². The Morgan fingerprint density at radius 3 is 2.52 bits per heavy atom. The largest absolute Gasteiger partial charge is 0.476 e. The number of oxime groups is 1. The van der Waals surface area contributed by atoms with Crippen molar-refractivity contribution in [1.29, 1.82) is 0 Å². The first-order chi connectivity index (χ1) is 12.3. The van der Waals surface area contributed by atoms with Gasteiger partial charge >= 0.3 is 11.9 Å². The lowest BCUT2D eigenvalue weighted by molar-refractivity contribution is -0.211. The van der Waals surface area contributed by atoms with Crippen LogP contribution in [0.15, 0.2) is 10.5 Å². The van der Waals surface area contributed by atoms with Crippen molar-refractivity contribution in [2.24, 2.45) is 5.16 Å². The Labute approximate surface area is 162 Å². The monoisotopic (exact) mass is 398 g/mol. The summed E-state index contributed by atoms with van der Waals surface area (Å²) < 4.78 is 11.2. The molecule has 1 aliphatic rings. The molecule has 1 unspecified atom stereocenters. The van der Waals surface area contributed by atoms with Crippen LogP contribution in [0.3, 0.4) is 0 Å². The van der Waals surface area contributed by atoms with Gasteiger partial charge in [0.15, 0.2) is 0 Å². The van der Waals surface area contributed by atoms with Gasteiger partial charge in [-0.15, -0.1) is 11.3 Å². The standard InChI is InChI=1S/C18H26N2O6S/c1-11-19-12(9-27-11)13(14(21)22)20-26-18(15(23)25-16(2,3)4)7-8-24-17(5,6)10-18/h9H,7-8,10H2,1-6H3,(H,21,22)/b20-13-. The molecule has 1 aliphatic heterocycles. The summed E-state index contributed by atoms with van der Waals surface area (Å²) in [5.41, 5.74) is -2.96. The van der Waals surface area contributed by atoms with E-state index in [4.69, 9.17) is 14.3 Å². The molecule has 2 heterocycles. The number of carboxylic acid groups (broad SMARTS) is 1. The molecule has 1 fully saturated rings. The molecule has 1 aromatic rings. The number of thiazole rings is 1. The van der Waals surface area contributed by atoms with Crippen molar-refractivity contribution in [3.63, 3.8) is 0 Å². The number of hydrogen-bond acceptors (Lipinski definition) is 8. The van der Waals surface area contributed by atoms with Crippen LogP contribution >= 0.6 is 11.3 Å². The Morgan fingerprint density at radius 1 is 1.37 bits per heavy atom. The first kappa shape index (κ1) is 21.3. The molecular formula is C18H26N2O6S. The predicted molar refractivity (Wildman–Crippen MR) is 99.9 cm³/mol. The molecule has 150 valence electrons. The zero-order valence-electron chi connectivity index (χ0n) is 16.5. The van der Waals surface area contributed by atoms with Crippen LogP contribution in [-0.2, 0) is 23.9 Å². The highest BCUT2D eigenvalue weighted by Gasteiger charge is 2.52. The van der Waals surface area contributed by atoms with Crippen LogP contribution in [0.5, 0.6) is 0 Å². The second-order valence-electron chi connectivity index (χ2n) is 8.12. The number of aryl methyl sites for hydroxylation is 1. The van der Waals surface area contributed by atoms with Gasteiger partial charge in [0.2, 0.25) is 11.3 Å². The number of nitrogens with zero attached hydrogens (tertiary/aromatic N) is 2. The van der Waals surface area contributed by atoms with E-state index in [1.54, 1.807) is 33.1 Å². The third-order valence-corrected chi connectivity index (χ3v) is 4.63. The highest BCUT2D eigenvalue weighted by molar-refractivity contribution is 7.09. The molecule has 1 N–H and O–H groups in total. The van der Waals surface area contributed by atoms with E-state index >= 15 is 0 Å². The van der Waals surface area contributed by atoms with Crippen molar-refractivity contribution >= 4 is 29.0 Å². The van der Waals surface area contributed by atoms with Crippen LogP contribution in [0.1, 0.15) is 58.2 Å². The summed E-state index contributed by atoms with van der Waals surface area (Å²) in [7, 11) is 0. The van der Waals surface area contributed by atoms with Gasteiger partial charge in [-0.1, -0.05) is 5.16 Å². The molecule has 0 radical (unpaired) electrons. The number of hydrogen-bond donors (Lipinski definition) is 1. The topological polar surface area (TPSA) is 107 Å². The van der Waals surface area contributed by atoms with Crippen molar-refractivity contribution in [3.8, 4) is 0 Å². The van der Waals surface area contributed by atoms with Gasteiger partial charge in [0.1, 0.15) is 11.3 Å². The Morgan fingerprint density at radius 2 is 2.04 bits per heavy atom. The molecule has 27 heavy (non-hydrogen) atoms. The van der Waals surface area contributed by atoms with Gasteiger partial charge < -0.3 is 19.4 Å². The summed E-state index contributed by atoms with van der Waals surface area (Å²) in [6.07, 6.45) is 0.388. The first-order valence-corrected chi connectivity index (χ1v) is 9.51. The first-order valence-electron chi connectivity index (χ1n) is 8.63. The number of aliphatic carboxylic acids is 1. The molecule has 1 saturated heterocycles. The van der Waals surface area contributed by atoms with Crippen molar-refractivity contribution in [2.45, 2.75) is 71.2 Å². The molecule has 0 aliphatic carbocycles. The Kier molecular flexibility index (Phi) is 5.96. The lowest BCUT2D eigenvalue weighted by atomic mass is 9.84. The van der Waals surface area contributed by atoms with Gasteiger partial charge in [-0.2, -0.15) is 0 Å². The van der Waals surface area contributed by atoms with E-state index < -0.39 is 28.7 Å². The average Bonchev–Trinajstić information content (AvgIpc) is 2.90. The van der Waals surface area contributed by atoms with Gasteiger partial charge in [-0.25, -0.2) is 14.6 Å². The fourth-order valence-corrected chi connectivity index (χ4v) is 3.38. The maximum Gasteiger partial charge on any atom is 0.360 e. The lowest BCUT2D eigenvalue weighted by Gasteiger charge is -2.41. The summed E-state index contributed by atoms with van der Waals surface area (Å²) in [5.74, 6) is -1.87. The number of aromatic nitrogens is 1. The van der Waals surface area contributed by atoms with Crippen LogP contribution in [-0.4, -0.2) is 51.2 Å². The molecule has 0 bridgehead atoms. The van der Waals surface area contributed by atoms with E-state index in [1.165, 1.54) is 11.3 Å². The van der Waals surface area contributed by atoms with Crippen LogP contribution in [0, 0.1) is 6.92 Å². The van der Waals surface area contributed by atoms with E-state index in [-0.39, 0.29) is 30.9 Å². The second kappa shape index (κ2) is 7.55. The van der Waals surface area contributed by atoms with Crippen molar-refractivity contribution < 1.29 is 29.0 Å². The zero-order chi connectivity index (χ0) is 20.5. The minimum atomic E-state index is -1.43. The maximum absolute atomic E-state index is 12.9. The third-order valence-electron chi connectivity index (χ3n) is 3.86. The molecule has 0 amide bonds. The van der Waals surface area contributed by atoms with E-state index in [9.17, 15) is 14.7 Å². The van der Waals surface area contributed by atoms with Gasteiger partial charge in [0.05, 0.1) is 17.2 Å². The SMILES string of the molecule is Cc1nc(/C(=N/OC2(C(=O)OC(C)(C)C)CCOC(C)(C)C2)C(=O)O)cs1. The van der Waals surface area contributed by atoms with Crippen molar-refractivity contribution in [1.82, 2.24) is 4.98 Å². The molecule has 9 heteroatoms. The summed E-state index contributed by atoms with van der Waals surface area (Å²) in [6, 6.07) is 0. The number of carbonyl (C=O) groups is 2. The quantitative estimate of drug-likeness (QED) is 0.461. The fourth-order valence-electron chi connectivity index (χ4n) is 2.78. The summed E-state index contributed by atoms with van der Waals surface area (Å²) in [4.78, 5) is 34.3. The highest BCUT2D eigenvalue weighted by atomic mass is 32.1. The molecule has 0 saturated carbocycles. The van der Waals surface area contributed by atoms with Crippen LogP contribution in [0.25, 0.3) is 0 Å². The highest BCUT2D eigenvalue weighted by Crippen LogP contribution is 2.37. The van der Waals surface area contributed by atoms with E-state index in [0.29, 0.717) is 5.01 Å². The number of carboxylic acids is 1. The Bertz CT molecular complexity index is 749. The number of carbonyl (C=O) groups excluding carboxylic acids is 1. The van der Waals surface area contributed by atoms with Crippen LogP contribution in [0.4, 0.5) is 0 Å². The molecule has 0 spiro atoms. The summed E-state index contributed by atoms with van der Waals surface area (Å²) in [6.45, 7) is 11.0. The van der Waals surface area contributed by atoms with E-state index in [2.05, 4.69) is 10.1 Å². The Balaban J connectivity index is 2.38. The molecule has 1 aromatic heterocycles. The second-order valence-corrected chi connectivity index (χ2v) is 9.18. The zero-order valence-corrected chi connectivity index (χ0v) is 17.3. The van der Waals surface area contributed by atoms with Crippen LogP contribution < -0.4 is 0 Å². The van der Waals surface area contributed by atoms with Gasteiger partial charge in [0, 0.05) is 18.2 Å². The summed E-state index contributed by atoms with van der Waals surface area (Å²) >= 11 is 1.30. The molecular weight excluding hydrogens is 372 g/mol. The molecule has 1 atom stereocenters. The molecule has 8 nitrogen and oxygen atoms in total. The average molecular weight is 398 g/mol. The van der Waals surface area contributed by atoms with Crippen molar-refractivity contribution in [3.05, 3.63) is 16.1 Å². The third kappa shape index (κ3) is 5.49. The maximum atomic E-state index is 12.9. The summed E-state index contributed by atoms with van der Waals surface area (Å²) in [5, 5.41) is 15.6. The number of ether oxygens (including phenoxy) is 2. The number of esters is 1. The van der Waals surface area contributed by atoms with E-state index in [0.717, 1.165) is 0 Å².